The molecule has 1 aromatic heterocycles. The van der Waals surface area contributed by atoms with Crippen molar-refractivity contribution in [3.8, 4) is 16.9 Å². The van der Waals surface area contributed by atoms with E-state index in [2.05, 4.69) is 4.98 Å². The second kappa shape index (κ2) is 11.3. The van der Waals surface area contributed by atoms with Crippen molar-refractivity contribution in [3.05, 3.63) is 63.8 Å². The summed E-state index contributed by atoms with van der Waals surface area (Å²) in [5, 5.41) is 8.84. The molecular weight excluding hydrogens is 451 g/mol. The quantitative estimate of drug-likeness (QED) is 0.600. The molecule has 0 bridgehead atoms. The van der Waals surface area contributed by atoms with E-state index < -0.39 is 11.9 Å². The third-order valence-corrected chi connectivity index (χ3v) is 5.39. The van der Waals surface area contributed by atoms with Gasteiger partial charge in [-0.1, -0.05) is 11.6 Å². The predicted octanol–water partition coefficient (Wildman–Crippen LogP) is 3.61. The fourth-order valence-electron chi connectivity index (χ4n) is 3.54. The van der Waals surface area contributed by atoms with Gasteiger partial charge in [-0.15, -0.1) is 0 Å². The summed E-state index contributed by atoms with van der Waals surface area (Å²) in [6.45, 7) is 5.70. The van der Waals surface area contributed by atoms with Gasteiger partial charge in [-0.25, -0.2) is 4.39 Å². The highest BCUT2D eigenvalue weighted by atomic mass is 35.5. The standard InChI is InChI=1S/C22H20ClFN2O4.C2H6O/c1-13(22(28)26-6-8-29-9-7-26)30-15-3-5-16-18(11-15)21(27)25-12-19(16)17-4-2-14(24)10-20(17)23;1-2-3/h2-5,10-13H,6-9H2,1H3,(H,25,27);3H,2H2,1H3. The van der Waals surface area contributed by atoms with Gasteiger partial charge in [0.25, 0.3) is 11.5 Å². The number of amides is 1. The first-order chi connectivity index (χ1) is 15.8. The predicted molar refractivity (Wildman–Crippen MR) is 125 cm³/mol. The van der Waals surface area contributed by atoms with Gasteiger partial charge >= 0.3 is 0 Å². The lowest BCUT2D eigenvalue weighted by atomic mass is 10.0. The lowest BCUT2D eigenvalue weighted by Crippen LogP contribution is -2.46. The molecule has 2 aromatic carbocycles. The van der Waals surface area contributed by atoms with Crippen molar-refractivity contribution in [2.75, 3.05) is 32.9 Å². The SMILES string of the molecule is CC(Oc1ccc2c(-c3ccc(F)cc3Cl)c[nH]c(=O)c2c1)C(=O)N1CCOCC1.CCO. The van der Waals surface area contributed by atoms with Crippen LogP contribution in [0.2, 0.25) is 5.02 Å². The number of nitrogens with zero attached hydrogens (tertiary/aromatic N) is 1. The first-order valence-electron chi connectivity index (χ1n) is 10.6. The summed E-state index contributed by atoms with van der Waals surface area (Å²) in [5.74, 6) is -0.157. The number of pyridine rings is 1. The van der Waals surface area contributed by atoms with Crippen molar-refractivity contribution in [1.82, 2.24) is 9.88 Å². The maximum atomic E-state index is 13.4. The number of fused-ring (bicyclic) bond motifs is 1. The van der Waals surface area contributed by atoms with E-state index >= 15 is 0 Å². The Morgan fingerprint density at radius 3 is 2.58 bits per heavy atom. The topological polar surface area (TPSA) is 91.9 Å². The van der Waals surface area contributed by atoms with E-state index in [1.54, 1.807) is 49.2 Å². The molecule has 7 nitrogen and oxygen atoms in total. The molecule has 1 atom stereocenters. The second-order valence-electron chi connectivity index (χ2n) is 7.38. The molecule has 2 N–H and O–H groups in total. The van der Waals surface area contributed by atoms with E-state index in [-0.39, 0.29) is 23.1 Å². The first kappa shape index (κ1) is 24.7. The second-order valence-corrected chi connectivity index (χ2v) is 7.78. The third-order valence-electron chi connectivity index (χ3n) is 5.08. The van der Waals surface area contributed by atoms with Gasteiger partial charge in [-0.2, -0.15) is 0 Å². The minimum atomic E-state index is -0.700. The Labute approximate surface area is 195 Å². The molecule has 1 aliphatic rings. The maximum Gasteiger partial charge on any atom is 0.263 e. The molecule has 1 amide bonds. The molecule has 1 saturated heterocycles. The van der Waals surface area contributed by atoms with Gasteiger partial charge in [-0.3, -0.25) is 9.59 Å². The number of carbonyl (C=O) groups excluding carboxylic acids is 1. The average Bonchev–Trinajstić information content (AvgIpc) is 2.81. The van der Waals surface area contributed by atoms with E-state index in [4.69, 9.17) is 26.2 Å². The van der Waals surface area contributed by atoms with E-state index in [0.29, 0.717) is 54.0 Å². The molecule has 2 heterocycles. The van der Waals surface area contributed by atoms with E-state index in [0.717, 1.165) is 0 Å². The summed E-state index contributed by atoms with van der Waals surface area (Å²) >= 11 is 6.21. The zero-order chi connectivity index (χ0) is 24.0. The van der Waals surface area contributed by atoms with Crippen LogP contribution in [0.3, 0.4) is 0 Å². The molecule has 33 heavy (non-hydrogen) atoms. The van der Waals surface area contributed by atoms with Crippen LogP contribution in [-0.2, 0) is 9.53 Å². The maximum absolute atomic E-state index is 13.4. The Bertz CT molecular complexity index is 1180. The molecule has 0 radical (unpaired) electrons. The van der Waals surface area contributed by atoms with Crippen molar-refractivity contribution in [1.29, 1.82) is 0 Å². The number of H-pyrrole nitrogens is 1. The number of halogens is 2. The number of ether oxygens (including phenoxy) is 2. The van der Waals surface area contributed by atoms with Crippen LogP contribution in [0.5, 0.6) is 5.75 Å². The number of carbonyl (C=O) groups is 1. The number of morpholine rings is 1. The van der Waals surface area contributed by atoms with Gasteiger partial charge in [0.2, 0.25) is 0 Å². The van der Waals surface area contributed by atoms with Crippen LogP contribution in [0.4, 0.5) is 4.39 Å². The lowest BCUT2D eigenvalue weighted by molar-refractivity contribution is -0.142. The van der Waals surface area contributed by atoms with Gasteiger partial charge < -0.3 is 24.5 Å². The molecule has 1 fully saturated rings. The number of hydrogen-bond acceptors (Lipinski definition) is 5. The van der Waals surface area contributed by atoms with Crippen LogP contribution < -0.4 is 10.3 Å². The number of aliphatic hydroxyl groups excluding tert-OH is 1. The van der Waals surface area contributed by atoms with Crippen molar-refractivity contribution in [2.45, 2.75) is 20.0 Å². The summed E-state index contributed by atoms with van der Waals surface area (Å²) in [5.41, 5.74) is 0.965. The van der Waals surface area contributed by atoms with Gasteiger partial charge in [0.1, 0.15) is 11.6 Å². The van der Waals surface area contributed by atoms with Crippen molar-refractivity contribution in [3.63, 3.8) is 0 Å². The van der Waals surface area contributed by atoms with E-state index in [9.17, 15) is 14.0 Å². The minimum absolute atomic E-state index is 0.126. The van der Waals surface area contributed by atoms with Crippen molar-refractivity contribution >= 4 is 28.3 Å². The number of hydrogen-bond donors (Lipinski definition) is 2. The Hall–Kier alpha value is -2.94. The molecule has 1 aliphatic heterocycles. The van der Waals surface area contributed by atoms with E-state index in [1.165, 1.54) is 12.1 Å². The zero-order valence-electron chi connectivity index (χ0n) is 18.4. The Kier molecular flexibility index (Phi) is 8.43. The zero-order valence-corrected chi connectivity index (χ0v) is 19.2. The number of aromatic amines is 1. The Morgan fingerprint density at radius 2 is 1.91 bits per heavy atom. The fraction of sp³-hybridized carbons (Fsp3) is 0.333. The van der Waals surface area contributed by atoms with Crippen molar-refractivity contribution < 1.29 is 23.8 Å². The van der Waals surface area contributed by atoms with Crippen LogP contribution in [0.25, 0.3) is 21.9 Å². The molecule has 1 unspecified atom stereocenters. The smallest absolute Gasteiger partial charge is 0.263 e. The molecule has 4 rings (SSSR count). The lowest BCUT2D eigenvalue weighted by Gasteiger charge is -2.29. The van der Waals surface area contributed by atoms with Crippen LogP contribution in [-0.4, -0.2) is 59.9 Å². The van der Waals surface area contributed by atoms with Gasteiger partial charge in [0.05, 0.1) is 23.6 Å². The average molecular weight is 477 g/mol. The number of aliphatic hydroxyl groups is 1. The summed E-state index contributed by atoms with van der Waals surface area (Å²) in [7, 11) is 0. The summed E-state index contributed by atoms with van der Waals surface area (Å²) in [6, 6.07) is 9.14. The summed E-state index contributed by atoms with van der Waals surface area (Å²) in [6.07, 6.45) is 0.851. The third kappa shape index (κ3) is 5.90. The normalized spacial score (nSPS) is 14.4. The largest absolute Gasteiger partial charge is 0.481 e. The van der Waals surface area contributed by atoms with Crippen LogP contribution in [0, 0.1) is 5.82 Å². The number of nitrogens with one attached hydrogen (secondary N) is 1. The molecule has 0 spiro atoms. The van der Waals surface area contributed by atoms with E-state index in [1.807, 2.05) is 0 Å². The summed E-state index contributed by atoms with van der Waals surface area (Å²) < 4.78 is 24.5. The highest BCUT2D eigenvalue weighted by Gasteiger charge is 2.24. The van der Waals surface area contributed by atoms with Crippen LogP contribution >= 0.6 is 11.6 Å². The highest BCUT2D eigenvalue weighted by molar-refractivity contribution is 6.33. The number of aromatic nitrogens is 1. The minimum Gasteiger partial charge on any atom is -0.481 e. The molecule has 3 aromatic rings. The Morgan fingerprint density at radius 1 is 1.21 bits per heavy atom. The number of benzene rings is 2. The molecular formula is C24H26ClFN2O5. The highest BCUT2D eigenvalue weighted by Crippen LogP contribution is 2.33. The van der Waals surface area contributed by atoms with Gasteiger partial charge in [-0.05, 0) is 55.6 Å². The molecule has 0 aliphatic carbocycles. The van der Waals surface area contributed by atoms with Gasteiger partial charge in [0, 0.05) is 37.0 Å². The monoisotopic (exact) mass is 476 g/mol. The first-order valence-corrected chi connectivity index (χ1v) is 11.0. The Balaban J connectivity index is 0.000000968. The fourth-order valence-corrected chi connectivity index (χ4v) is 3.81. The van der Waals surface area contributed by atoms with Crippen molar-refractivity contribution in [2.24, 2.45) is 0 Å². The molecule has 9 heteroatoms. The summed E-state index contributed by atoms with van der Waals surface area (Å²) in [4.78, 5) is 29.4. The molecule has 176 valence electrons. The van der Waals surface area contributed by atoms with Crippen LogP contribution in [0.15, 0.2) is 47.4 Å². The van der Waals surface area contributed by atoms with Crippen LogP contribution in [0.1, 0.15) is 13.8 Å². The van der Waals surface area contributed by atoms with Gasteiger partial charge in [0.15, 0.2) is 6.10 Å². The molecule has 0 saturated carbocycles. The number of rotatable bonds is 4.